The van der Waals surface area contributed by atoms with E-state index < -0.39 is 29.0 Å². The number of esters is 1. The zero-order chi connectivity index (χ0) is 13.2. The molecule has 1 rings (SSSR count). The van der Waals surface area contributed by atoms with Crippen LogP contribution in [-0.4, -0.2) is 25.3 Å². The molecule has 0 aliphatic rings. The van der Waals surface area contributed by atoms with E-state index in [1.807, 2.05) is 0 Å². The average Bonchev–Trinajstić information content (AvgIpc) is 2.25. The number of hydrogen-bond donors (Lipinski definition) is 1. The molecule has 0 saturated carbocycles. The summed E-state index contributed by atoms with van der Waals surface area (Å²) in [5, 5.41) is 9.18. The van der Waals surface area contributed by atoms with Crippen molar-refractivity contribution in [1.29, 1.82) is 0 Å². The Morgan fingerprint density at radius 1 is 1.29 bits per heavy atom. The predicted molar refractivity (Wildman–Crippen MR) is 51.0 cm³/mol. The van der Waals surface area contributed by atoms with Crippen molar-refractivity contribution in [1.82, 2.24) is 0 Å². The van der Waals surface area contributed by atoms with Crippen LogP contribution in [-0.2, 0) is 10.9 Å². The second-order valence-electron chi connectivity index (χ2n) is 3.06. The molecule has 0 bridgehead atoms. The molecule has 0 spiro atoms. The van der Waals surface area contributed by atoms with Crippen molar-refractivity contribution >= 4 is 5.97 Å². The van der Waals surface area contributed by atoms with Crippen LogP contribution >= 0.6 is 0 Å². The van der Waals surface area contributed by atoms with Crippen LogP contribution in [0.3, 0.4) is 0 Å². The second kappa shape index (κ2) is 4.52. The van der Waals surface area contributed by atoms with Gasteiger partial charge in [-0.3, -0.25) is 0 Å². The monoisotopic (exact) mass is 250 g/mol. The molecule has 4 nitrogen and oxygen atoms in total. The van der Waals surface area contributed by atoms with E-state index in [1.165, 1.54) is 0 Å². The molecule has 0 heterocycles. The number of phenolic OH excluding ortho intramolecular Hbond substituents is 1. The Labute approximate surface area is 94.6 Å². The zero-order valence-electron chi connectivity index (χ0n) is 8.96. The standard InChI is InChI=1S/C10H9F3O4/c1-16-8-4-7(14)6(10(11,12)13)3-5(8)9(15)17-2/h3-4,14H,1-2H3. The van der Waals surface area contributed by atoms with Crippen LogP contribution in [0.25, 0.3) is 0 Å². The van der Waals surface area contributed by atoms with E-state index in [0.29, 0.717) is 6.07 Å². The molecule has 1 N–H and O–H groups in total. The Hall–Kier alpha value is -1.92. The Bertz CT molecular complexity index is 440. The number of rotatable bonds is 2. The number of carbonyl (C=O) groups is 1. The highest BCUT2D eigenvalue weighted by Gasteiger charge is 2.35. The lowest BCUT2D eigenvalue weighted by molar-refractivity contribution is -0.138. The summed E-state index contributed by atoms with van der Waals surface area (Å²) in [5.74, 6) is -2.18. The van der Waals surface area contributed by atoms with Gasteiger partial charge in [-0.15, -0.1) is 0 Å². The van der Waals surface area contributed by atoms with Gasteiger partial charge in [-0.2, -0.15) is 13.2 Å². The Balaban J connectivity index is 3.43. The quantitative estimate of drug-likeness (QED) is 0.817. The minimum Gasteiger partial charge on any atom is -0.507 e. The van der Waals surface area contributed by atoms with Gasteiger partial charge in [-0.1, -0.05) is 0 Å². The first-order valence-electron chi connectivity index (χ1n) is 4.37. The molecule has 17 heavy (non-hydrogen) atoms. The highest BCUT2D eigenvalue weighted by Crippen LogP contribution is 2.39. The first-order chi connectivity index (χ1) is 7.81. The van der Waals surface area contributed by atoms with E-state index in [4.69, 9.17) is 0 Å². The van der Waals surface area contributed by atoms with Crippen LogP contribution in [0.4, 0.5) is 13.2 Å². The fourth-order valence-electron chi connectivity index (χ4n) is 1.23. The van der Waals surface area contributed by atoms with Crippen LogP contribution in [0.15, 0.2) is 12.1 Å². The highest BCUT2D eigenvalue weighted by molar-refractivity contribution is 5.93. The smallest absolute Gasteiger partial charge is 0.419 e. The van der Waals surface area contributed by atoms with Crippen LogP contribution in [0.2, 0.25) is 0 Å². The maximum Gasteiger partial charge on any atom is 0.419 e. The molecule has 0 aliphatic heterocycles. The van der Waals surface area contributed by atoms with E-state index in [9.17, 15) is 23.1 Å². The van der Waals surface area contributed by atoms with Crippen LogP contribution in [0.5, 0.6) is 11.5 Å². The summed E-state index contributed by atoms with van der Waals surface area (Å²) in [7, 11) is 2.19. The lowest BCUT2D eigenvalue weighted by atomic mass is 10.1. The fraction of sp³-hybridized carbons (Fsp3) is 0.300. The maximum atomic E-state index is 12.5. The summed E-state index contributed by atoms with van der Waals surface area (Å²) < 4.78 is 46.4. The number of phenols is 1. The molecule has 1 aromatic rings. The third-order valence-corrected chi connectivity index (χ3v) is 2.03. The molecule has 7 heteroatoms. The van der Waals surface area contributed by atoms with Crippen LogP contribution < -0.4 is 4.74 Å². The maximum absolute atomic E-state index is 12.5. The molecule has 0 unspecified atom stereocenters. The number of methoxy groups -OCH3 is 2. The number of halogens is 3. The van der Waals surface area contributed by atoms with Crippen molar-refractivity contribution in [2.24, 2.45) is 0 Å². The van der Waals surface area contributed by atoms with Gasteiger partial charge in [0.1, 0.15) is 17.1 Å². The van der Waals surface area contributed by atoms with E-state index in [2.05, 4.69) is 9.47 Å². The topological polar surface area (TPSA) is 55.8 Å². The highest BCUT2D eigenvalue weighted by atomic mass is 19.4. The molecule has 0 radical (unpaired) electrons. The molecule has 0 aliphatic carbocycles. The van der Waals surface area contributed by atoms with E-state index in [0.717, 1.165) is 20.3 Å². The number of carbonyl (C=O) groups excluding carboxylic acids is 1. The molecule has 0 aromatic heterocycles. The zero-order valence-corrected chi connectivity index (χ0v) is 8.96. The lowest BCUT2D eigenvalue weighted by Gasteiger charge is -2.13. The molecule has 1 aromatic carbocycles. The summed E-state index contributed by atoms with van der Waals surface area (Å²) in [5.41, 5.74) is -1.72. The van der Waals surface area contributed by atoms with Crippen molar-refractivity contribution in [2.75, 3.05) is 14.2 Å². The summed E-state index contributed by atoms with van der Waals surface area (Å²) in [4.78, 5) is 11.2. The molecule has 94 valence electrons. The van der Waals surface area contributed by atoms with Gasteiger partial charge in [0.2, 0.25) is 0 Å². The van der Waals surface area contributed by atoms with Gasteiger partial charge in [-0.25, -0.2) is 4.79 Å². The third kappa shape index (κ3) is 2.61. The third-order valence-electron chi connectivity index (χ3n) is 2.03. The summed E-state index contributed by atoms with van der Waals surface area (Å²) in [6, 6.07) is 1.20. The minimum absolute atomic E-state index is 0.192. The van der Waals surface area contributed by atoms with E-state index >= 15 is 0 Å². The van der Waals surface area contributed by atoms with Crippen molar-refractivity contribution in [2.45, 2.75) is 6.18 Å². The van der Waals surface area contributed by atoms with Gasteiger partial charge in [0.15, 0.2) is 0 Å². The van der Waals surface area contributed by atoms with E-state index in [1.54, 1.807) is 0 Å². The summed E-state index contributed by atoms with van der Waals surface area (Å²) >= 11 is 0. The van der Waals surface area contributed by atoms with Gasteiger partial charge >= 0.3 is 12.1 Å². The van der Waals surface area contributed by atoms with E-state index in [-0.39, 0.29) is 5.75 Å². The van der Waals surface area contributed by atoms with Gasteiger partial charge in [0, 0.05) is 6.07 Å². The number of hydrogen-bond acceptors (Lipinski definition) is 4. The molecule has 0 amide bonds. The predicted octanol–water partition coefficient (Wildman–Crippen LogP) is 2.21. The van der Waals surface area contributed by atoms with Gasteiger partial charge in [-0.05, 0) is 6.07 Å². The molecule has 0 saturated heterocycles. The number of ether oxygens (including phenoxy) is 2. The normalized spacial score (nSPS) is 11.1. The minimum atomic E-state index is -4.76. The Morgan fingerprint density at radius 3 is 2.29 bits per heavy atom. The van der Waals surface area contributed by atoms with Crippen molar-refractivity contribution < 1.29 is 32.5 Å². The number of alkyl halides is 3. The Morgan fingerprint density at radius 2 is 1.88 bits per heavy atom. The number of benzene rings is 1. The molecule has 0 atom stereocenters. The van der Waals surface area contributed by atoms with Gasteiger partial charge < -0.3 is 14.6 Å². The van der Waals surface area contributed by atoms with Crippen molar-refractivity contribution in [3.63, 3.8) is 0 Å². The molecule has 0 fully saturated rings. The van der Waals surface area contributed by atoms with Gasteiger partial charge in [0.25, 0.3) is 0 Å². The average molecular weight is 250 g/mol. The Kier molecular flexibility index (Phi) is 3.50. The SMILES string of the molecule is COC(=O)c1cc(C(F)(F)F)c(O)cc1OC. The summed E-state index contributed by atoms with van der Waals surface area (Å²) in [6.07, 6.45) is -4.76. The van der Waals surface area contributed by atoms with Crippen molar-refractivity contribution in [3.8, 4) is 11.5 Å². The van der Waals surface area contributed by atoms with Crippen LogP contribution in [0, 0.1) is 0 Å². The van der Waals surface area contributed by atoms with Crippen LogP contribution in [0.1, 0.15) is 15.9 Å². The summed E-state index contributed by atoms with van der Waals surface area (Å²) in [6.45, 7) is 0. The molecular formula is C10H9F3O4. The lowest BCUT2D eigenvalue weighted by Crippen LogP contribution is -2.10. The molecular weight excluding hydrogens is 241 g/mol. The first-order valence-corrected chi connectivity index (χ1v) is 4.37. The number of aromatic hydroxyl groups is 1. The first kappa shape index (κ1) is 13.1. The second-order valence-corrected chi connectivity index (χ2v) is 3.06. The van der Waals surface area contributed by atoms with Gasteiger partial charge in [0.05, 0.1) is 19.8 Å². The largest absolute Gasteiger partial charge is 0.507 e. The van der Waals surface area contributed by atoms with Crippen molar-refractivity contribution in [3.05, 3.63) is 23.3 Å². The fourth-order valence-corrected chi connectivity index (χ4v) is 1.23.